The van der Waals surface area contributed by atoms with Gasteiger partial charge in [-0.3, -0.25) is 9.59 Å². The molecule has 0 radical (unpaired) electrons. The number of halogens is 1. The predicted molar refractivity (Wildman–Crippen MR) is 105 cm³/mol. The Labute approximate surface area is 160 Å². The van der Waals surface area contributed by atoms with Gasteiger partial charge in [-0.2, -0.15) is 0 Å². The molecule has 0 fully saturated rings. The van der Waals surface area contributed by atoms with E-state index in [-0.39, 0.29) is 11.8 Å². The summed E-state index contributed by atoms with van der Waals surface area (Å²) < 4.78 is 0. The molecule has 2 aromatic rings. The van der Waals surface area contributed by atoms with Crippen molar-refractivity contribution < 1.29 is 9.59 Å². The van der Waals surface area contributed by atoms with E-state index in [1.165, 1.54) is 0 Å². The van der Waals surface area contributed by atoms with Gasteiger partial charge in [-0.15, -0.1) is 0 Å². The van der Waals surface area contributed by atoms with Crippen molar-refractivity contribution in [1.29, 1.82) is 0 Å². The van der Waals surface area contributed by atoms with Gasteiger partial charge in [-0.1, -0.05) is 54.1 Å². The van der Waals surface area contributed by atoms with Crippen LogP contribution in [0, 0.1) is 6.92 Å². The molecular formula is C21H25ClN2O2. The summed E-state index contributed by atoms with van der Waals surface area (Å²) in [6, 6.07) is 14.9. The van der Waals surface area contributed by atoms with E-state index in [1.54, 1.807) is 18.9 Å². The molecular weight excluding hydrogens is 348 g/mol. The average molecular weight is 373 g/mol. The summed E-state index contributed by atoms with van der Waals surface area (Å²) in [6.45, 7) is 4.17. The second-order valence-corrected chi connectivity index (χ2v) is 6.74. The summed E-state index contributed by atoms with van der Waals surface area (Å²) in [7, 11) is 1.58. The molecule has 0 bridgehead atoms. The van der Waals surface area contributed by atoms with Gasteiger partial charge < -0.3 is 10.2 Å². The molecule has 0 unspecified atom stereocenters. The minimum atomic E-state index is -0.543. The van der Waals surface area contributed by atoms with Gasteiger partial charge in [0.25, 0.3) is 0 Å². The lowest BCUT2D eigenvalue weighted by Crippen LogP contribution is -2.46. The van der Waals surface area contributed by atoms with Gasteiger partial charge in [-0.25, -0.2) is 0 Å². The van der Waals surface area contributed by atoms with E-state index in [9.17, 15) is 9.59 Å². The normalized spacial score (nSPS) is 11.7. The fraction of sp³-hybridized carbons (Fsp3) is 0.333. The van der Waals surface area contributed by atoms with E-state index in [0.29, 0.717) is 24.4 Å². The van der Waals surface area contributed by atoms with Gasteiger partial charge >= 0.3 is 0 Å². The zero-order valence-corrected chi connectivity index (χ0v) is 16.2. The lowest BCUT2D eigenvalue weighted by molar-refractivity contribution is -0.140. The van der Waals surface area contributed by atoms with Crippen LogP contribution in [0.5, 0.6) is 0 Å². The SMILES string of the molecule is CNC(=O)[C@H](C)N(Cc1ccccc1C)C(=O)CCc1ccccc1Cl. The van der Waals surface area contributed by atoms with E-state index in [4.69, 9.17) is 11.6 Å². The first-order valence-corrected chi connectivity index (χ1v) is 9.10. The van der Waals surface area contributed by atoms with Crippen LogP contribution < -0.4 is 5.32 Å². The lowest BCUT2D eigenvalue weighted by atomic mass is 10.1. The smallest absolute Gasteiger partial charge is 0.242 e. The summed E-state index contributed by atoms with van der Waals surface area (Å²) >= 11 is 6.18. The highest BCUT2D eigenvalue weighted by atomic mass is 35.5. The van der Waals surface area contributed by atoms with Gasteiger partial charge in [0.1, 0.15) is 6.04 Å². The Morgan fingerprint density at radius 1 is 1.08 bits per heavy atom. The third kappa shape index (κ3) is 5.09. The zero-order chi connectivity index (χ0) is 19.1. The summed E-state index contributed by atoms with van der Waals surface area (Å²) in [5.41, 5.74) is 3.07. The Morgan fingerprint density at radius 2 is 1.69 bits per heavy atom. The molecule has 1 atom stereocenters. The van der Waals surface area contributed by atoms with Gasteiger partial charge in [0.2, 0.25) is 11.8 Å². The van der Waals surface area contributed by atoms with E-state index in [0.717, 1.165) is 16.7 Å². The number of aryl methyl sites for hydroxylation is 2. The second-order valence-electron chi connectivity index (χ2n) is 6.33. The van der Waals surface area contributed by atoms with Crippen LogP contribution in [0.3, 0.4) is 0 Å². The monoisotopic (exact) mass is 372 g/mol. The van der Waals surface area contributed by atoms with Gasteiger partial charge in [-0.05, 0) is 43.0 Å². The molecule has 2 amide bonds. The molecule has 0 saturated carbocycles. The Morgan fingerprint density at radius 3 is 2.31 bits per heavy atom. The Hall–Kier alpha value is -2.33. The second kappa shape index (κ2) is 9.39. The summed E-state index contributed by atoms with van der Waals surface area (Å²) in [4.78, 5) is 26.7. The van der Waals surface area contributed by atoms with Crippen molar-refractivity contribution in [3.8, 4) is 0 Å². The Bertz CT molecular complexity index is 776. The molecule has 0 aliphatic carbocycles. The molecule has 0 aliphatic rings. The molecule has 5 heteroatoms. The Kier molecular flexibility index (Phi) is 7.22. The van der Waals surface area contributed by atoms with Crippen LogP contribution in [-0.4, -0.2) is 29.8 Å². The van der Waals surface area contributed by atoms with Crippen LogP contribution in [-0.2, 0) is 22.6 Å². The maximum Gasteiger partial charge on any atom is 0.242 e. The summed E-state index contributed by atoms with van der Waals surface area (Å²) in [6.07, 6.45) is 0.847. The molecule has 0 aromatic heterocycles. The third-order valence-electron chi connectivity index (χ3n) is 4.58. The number of nitrogens with one attached hydrogen (secondary N) is 1. The number of benzene rings is 2. The molecule has 2 aromatic carbocycles. The van der Waals surface area contributed by atoms with Crippen LogP contribution in [0.25, 0.3) is 0 Å². The van der Waals surface area contributed by atoms with Crippen molar-refractivity contribution >= 4 is 23.4 Å². The number of hydrogen-bond donors (Lipinski definition) is 1. The fourth-order valence-electron chi connectivity index (χ4n) is 2.85. The fourth-order valence-corrected chi connectivity index (χ4v) is 3.08. The average Bonchev–Trinajstić information content (AvgIpc) is 2.65. The molecule has 0 aliphatic heterocycles. The van der Waals surface area contributed by atoms with Crippen LogP contribution in [0.1, 0.15) is 30.0 Å². The number of carbonyl (C=O) groups excluding carboxylic acids is 2. The van der Waals surface area contributed by atoms with Crippen molar-refractivity contribution in [2.24, 2.45) is 0 Å². The molecule has 0 heterocycles. The van der Waals surface area contributed by atoms with Gasteiger partial charge in [0.15, 0.2) is 0 Å². The molecule has 138 valence electrons. The number of likely N-dealkylation sites (N-methyl/N-ethyl adjacent to an activating group) is 1. The first-order chi connectivity index (χ1) is 12.4. The van der Waals surface area contributed by atoms with Crippen molar-refractivity contribution in [3.63, 3.8) is 0 Å². The molecule has 2 rings (SSSR count). The number of hydrogen-bond acceptors (Lipinski definition) is 2. The van der Waals surface area contributed by atoms with Gasteiger partial charge in [0, 0.05) is 25.0 Å². The molecule has 26 heavy (non-hydrogen) atoms. The number of nitrogens with zero attached hydrogens (tertiary/aromatic N) is 1. The first-order valence-electron chi connectivity index (χ1n) is 8.73. The topological polar surface area (TPSA) is 49.4 Å². The van der Waals surface area contributed by atoms with Crippen molar-refractivity contribution in [1.82, 2.24) is 10.2 Å². The largest absolute Gasteiger partial charge is 0.357 e. The lowest BCUT2D eigenvalue weighted by Gasteiger charge is -2.29. The first kappa shape index (κ1) is 20.0. The molecule has 4 nitrogen and oxygen atoms in total. The number of amides is 2. The van der Waals surface area contributed by atoms with E-state index in [1.807, 2.05) is 55.5 Å². The van der Waals surface area contributed by atoms with Crippen LogP contribution >= 0.6 is 11.6 Å². The van der Waals surface area contributed by atoms with Crippen molar-refractivity contribution in [2.45, 2.75) is 39.3 Å². The van der Waals surface area contributed by atoms with E-state index >= 15 is 0 Å². The maximum absolute atomic E-state index is 12.9. The van der Waals surface area contributed by atoms with Crippen molar-refractivity contribution in [2.75, 3.05) is 7.05 Å². The van der Waals surface area contributed by atoms with Crippen LogP contribution in [0.4, 0.5) is 0 Å². The molecule has 1 N–H and O–H groups in total. The van der Waals surface area contributed by atoms with Crippen LogP contribution in [0.2, 0.25) is 5.02 Å². The highest BCUT2D eigenvalue weighted by Gasteiger charge is 2.25. The van der Waals surface area contributed by atoms with Crippen molar-refractivity contribution in [3.05, 3.63) is 70.2 Å². The highest BCUT2D eigenvalue weighted by Crippen LogP contribution is 2.19. The van der Waals surface area contributed by atoms with E-state index < -0.39 is 6.04 Å². The molecule has 0 saturated heterocycles. The summed E-state index contributed by atoms with van der Waals surface area (Å²) in [5, 5.41) is 3.29. The number of rotatable bonds is 7. The number of carbonyl (C=O) groups is 2. The van der Waals surface area contributed by atoms with E-state index in [2.05, 4.69) is 5.32 Å². The molecule has 0 spiro atoms. The van der Waals surface area contributed by atoms with Crippen LogP contribution in [0.15, 0.2) is 48.5 Å². The summed E-state index contributed by atoms with van der Waals surface area (Å²) in [5.74, 6) is -0.242. The maximum atomic E-state index is 12.9. The highest BCUT2D eigenvalue weighted by molar-refractivity contribution is 6.31. The Balaban J connectivity index is 2.17. The predicted octanol–water partition coefficient (Wildman–Crippen LogP) is 3.74. The minimum absolute atomic E-state index is 0.0655. The standard InChI is InChI=1S/C21H25ClN2O2/c1-15-8-4-5-10-18(15)14-24(16(2)21(26)23-3)20(25)13-12-17-9-6-7-11-19(17)22/h4-11,16H,12-14H2,1-3H3,(H,23,26)/t16-/m0/s1. The quantitative estimate of drug-likeness (QED) is 0.804. The minimum Gasteiger partial charge on any atom is -0.357 e. The zero-order valence-electron chi connectivity index (χ0n) is 15.5. The third-order valence-corrected chi connectivity index (χ3v) is 4.95. The van der Waals surface area contributed by atoms with Gasteiger partial charge in [0.05, 0.1) is 0 Å².